The molecule has 1 amide bonds. The van der Waals surface area contributed by atoms with Crippen molar-refractivity contribution in [1.29, 1.82) is 0 Å². The van der Waals surface area contributed by atoms with E-state index >= 15 is 0 Å². The largest absolute Gasteiger partial charge is 0.328 e. The van der Waals surface area contributed by atoms with Crippen LogP contribution in [0.2, 0.25) is 5.02 Å². The van der Waals surface area contributed by atoms with E-state index in [0.717, 1.165) is 5.56 Å². The second kappa shape index (κ2) is 6.85. The quantitative estimate of drug-likeness (QED) is 0.717. The molecule has 2 N–H and O–H groups in total. The molecule has 1 aliphatic rings. The van der Waals surface area contributed by atoms with Crippen LogP contribution in [0.1, 0.15) is 18.5 Å². The zero-order chi connectivity index (χ0) is 19.0. The molecule has 8 heteroatoms. The van der Waals surface area contributed by atoms with E-state index in [1.807, 2.05) is 18.2 Å². The lowest BCUT2D eigenvalue weighted by molar-refractivity contribution is -0.113. The van der Waals surface area contributed by atoms with Gasteiger partial charge in [0.2, 0.25) is 5.95 Å². The van der Waals surface area contributed by atoms with Gasteiger partial charge in [-0.25, -0.2) is 9.07 Å². The molecule has 136 valence electrons. The molecule has 0 saturated carbocycles. The fourth-order valence-corrected chi connectivity index (χ4v) is 3.34. The van der Waals surface area contributed by atoms with Crippen molar-refractivity contribution in [3.63, 3.8) is 0 Å². The van der Waals surface area contributed by atoms with Crippen molar-refractivity contribution in [1.82, 2.24) is 14.8 Å². The molecule has 27 heavy (non-hydrogen) atoms. The maximum atomic E-state index is 13.1. The van der Waals surface area contributed by atoms with Gasteiger partial charge in [0.05, 0.1) is 5.57 Å². The third-order valence-corrected chi connectivity index (χ3v) is 4.69. The van der Waals surface area contributed by atoms with Gasteiger partial charge in [0.1, 0.15) is 18.2 Å². The Balaban J connectivity index is 1.77. The molecule has 1 aromatic heterocycles. The molecule has 0 saturated heterocycles. The average molecular weight is 384 g/mol. The molecular weight excluding hydrogens is 369 g/mol. The second-order valence-electron chi connectivity index (χ2n) is 6.08. The van der Waals surface area contributed by atoms with Crippen LogP contribution >= 0.6 is 11.6 Å². The van der Waals surface area contributed by atoms with Crippen molar-refractivity contribution < 1.29 is 9.18 Å². The van der Waals surface area contributed by atoms with Crippen molar-refractivity contribution >= 4 is 29.1 Å². The van der Waals surface area contributed by atoms with Crippen LogP contribution in [0.5, 0.6) is 0 Å². The lowest BCUT2D eigenvalue weighted by Gasteiger charge is -2.29. The standard InChI is InChI=1S/C19H15ClFN5O/c1-11-16(18(27)25-13-8-6-12(21)7-9-13)17(14-4-2-3-5-15(14)20)26-19(24-11)22-10-23-26/h2-10,17H,1H3,(H,25,27)(H,22,23,24)/t17-/m1/s1. The summed E-state index contributed by atoms with van der Waals surface area (Å²) < 4.78 is 14.8. The molecule has 0 fully saturated rings. The van der Waals surface area contributed by atoms with Crippen molar-refractivity contribution in [2.45, 2.75) is 13.0 Å². The number of benzene rings is 2. The fourth-order valence-electron chi connectivity index (χ4n) is 3.10. The number of hydrogen-bond acceptors (Lipinski definition) is 4. The number of amides is 1. The molecule has 0 unspecified atom stereocenters. The number of hydrogen-bond donors (Lipinski definition) is 2. The van der Waals surface area contributed by atoms with Crippen LogP contribution in [0, 0.1) is 5.82 Å². The summed E-state index contributed by atoms with van der Waals surface area (Å²) >= 11 is 6.41. The maximum Gasteiger partial charge on any atom is 0.255 e. The molecule has 6 nitrogen and oxygen atoms in total. The van der Waals surface area contributed by atoms with E-state index in [1.54, 1.807) is 17.7 Å². The van der Waals surface area contributed by atoms with Gasteiger partial charge in [-0.15, -0.1) is 0 Å². The van der Waals surface area contributed by atoms with E-state index in [9.17, 15) is 9.18 Å². The molecular formula is C19H15ClFN5O. The number of aromatic nitrogens is 3. The molecule has 1 atom stereocenters. The third kappa shape index (κ3) is 3.17. The minimum absolute atomic E-state index is 0.335. The van der Waals surface area contributed by atoms with E-state index in [-0.39, 0.29) is 11.7 Å². The molecule has 0 aliphatic carbocycles. The third-order valence-electron chi connectivity index (χ3n) is 4.34. The minimum Gasteiger partial charge on any atom is -0.328 e. The number of nitrogens with zero attached hydrogens (tertiary/aromatic N) is 3. The summed E-state index contributed by atoms with van der Waals surface area (Å²) in [6.07, 6.45) is 1.42. The van der Waals surface area contributed by atoms with Gasteiger partial charge in [-0.3, -0.25) is 4.79 Å². The van der Waals surface area contributed by atoms with Crippen molar-refractivity contribution in [2.75, 3.05) is 10.6 Å². The van der Waals surface area contributed by atoms with E-state index in [0.29, 0.717) is 27.9 Å². The molecule has 2 aromatic carbocycles. The molecule has 0 spiro atoms. The van der Waals surface area contributed by atoms with Crippen molar-refractivity contribution in [2.24, 2.45) is 0 Å². The second-order valence-corrected chi connectivity index (χ2v) is 6.48. The first-order valence-electron chi connectivity index (χ1n) is 8.23. The van der Waals surface area contributed by atoms with Gasteiger partial charge >= 0.3 is 0 Å². The maximum absolute atomic E-state index is 13.1. The lowest BCUT2D eigenvalue weighted by Crippen LogP contribution is -2.31. The number of carbonyl (C=O) groups is 1. The Hall–Kier alpha value is -3.19. The Morgan fingerprint density at radius 1 is 1.22 bits per heavy atom. The summed E-state index contributed by atoms with van der Waals surface area (Å²) in [6.45, 7) is 1.79. The van der Waals surface area contributed by atoms with Crippen LogP contribution in [0.3, 0.4) is 0 Å². The number of fused-ring (bicyclic) bond motifs is 1. The lowest BCUT2D eigenvalue weighted by atomic mass is 9.95. The normalized spacial score (nSPS) is 15.9. The Bertz CT molecular complexity index is 1040. The number of halogens is 2. The first kappa shape index (κ1) is 17.2. The highest BCUT2D eigenvalue weighted by atomic mass is 35.5. The van der Waals surface area contributed by atoms with Crippen LogP contribution in [-0.4, -0.2) is 20.7 Å². The molecule has 4 rings (SSSR count). The Labute approximate surface area is 159 Å². The van der Waals surface area contributed by atoms with Gasteiger partial charge in [-0.1, -0.05) is 29.8 Å². The number of rotatable bonds is 3. The highest BCUT2D eigenvalue weighted by Crippen LogP contribution is 2.37. The highest BCUT2D eigenvalue weighted by molar-refractivity contribution is 6.31. The van der Waals surface area contributed by atoms with Crippen molar-refractivity contribution in [3.8, 4) is 0 Å². The monoisotopic (exact) mass is 383 g/mol. The summed E-state index contributed by atoms with van der Waals surface area (Å²) in [7, 11) is 0. The van der Waals surface area contributed by atoms with E-state index in [1.165, 1.54) is 30.6 Å². The first-order valence-corrected chi connectivity index (χ1v) is 8.61. The van der Waals surface area contributed by atoms with Gasteiger partial charge in [0.15, 0.2) is 0 Å². The first-order chi connectivity index (χ1) is 13.0. The predicted molar refractivity (Wildman–Crippen MR) is 101 cm³/mol. The van der Waals surface area contributed by atoms with E-state index in [4.69, 9.17) is 11.6 Å². The zero-order valence-corrected chi connectivity index (χ0v) is 15.0. The summed E-state index contributed by atoms with van der Waals surface area (Å²) in [5.41, 5.74) is 2.31. The van der Waals surface area contributed by atoms with Crippen LogP contribution in [0.25, 0.3) is 0 Å². The Morgan fingerprint density at radius 3 is 2.70 bits per heavy atom. The van der Waals surface area contributed by atoms with Crippen LogP contribution < -0.4 is 10.6 Å². The SMILES string of the molecule is CC1=C(C(=O)Nc2ccc(F)cc2)[C@@H](c2ccccc2Cl)n2ncnc2N1. The average Bonchev–Trinajstić information content (AvgIpc) is 3.11. The number of allylic oxidation sites excluding steroid dienone is 1. The molecule has 0 bridgehead atoms. The summed E-state index contributed by atoms with van der Waals surface area (Å²) in [5, 5.41) is 10.7. The summed E-state index contributed by atoms with van der Waals surface area (Å²) in [5.74, 6) is -0.183. The zero-order valence-electron chi connectivity index (χ0n) is 14.3. The molecule has 1 aliphatic heterocycles. The number of anilines is 2. The van der Waals surface area contributed by atoms with E-state index < -0.39 is 6.04 Å². The smallest absolute Gasteiger partial charge is 0.255 e. The molecule has 3 aromatic rings. The van der Waals surface area contributed by atoms with Crippen molar-refractivity contribution in [3.05, 3.63) is 82.5 Å². The summed E-state index contributed by atoms with van der Waals surface area (Å²) in [4.78, 5) is 17.3. The van der Waals surface area contributed by atoms with E-state index in [2.05, 4.69) is 20.7 Å². The predicted octanol–water partition coefficient (Wildman–Crippen LogP) is 4.00. The topological polar surface area (TPSA) is 71.8 Å². The number of nitrogens with one attached hydrogen (secondary N) is 2. The summed E-state index contributed by atoms with van der Waals surface area (Å²) in [6, 6.07) is 12.3. The fraction of sp³-hybridized carbons (Fsp3) is 0.105. The van der Waals surface area contributed by atoms with Gasteiger partial charge in [0, 0.05) is 22.0 Å². The number of carbonyl (C=O) groups excluding carboxylic acids is 1. The van der Waals surface area contributed by atoms with Gasteiger partial charge in [0.25, 0.3) is 5.91 Å². The van der Waals surface area contributed by atoms with Gasteiger partial charge in [-0.05, 0) is 37.3 Å². The Morgan fingerprint density at radius 2 is 1.96 bits per heavy atom. The minimum atomic E-state index is -0.544. The van der Waals surface area contributed by atoms with Crippen LogP contribution in [0.15, 0.2) is 66.1 Å². The van der Waals surface area contributed by atoms with Gasteiger partial charge in [-0.2, -0.15) is 10.1 Å². The Kier molecular flexibility index (Phi) is 4.37. The highest BCUT2D eigenvalue weighted by Gasteiger charge is 2.34. The van der Waals surface area contributed by atoms with Crippen LogP contribution in [-0.2, 0) is 4.79 Å². The molecule has 2 heterocycles. The van der Waals surface area contributed by atoms with Gasteiger partial charge < -0.3 is 10.6 Å². The molecule has 0 radical (unpaired) electrons. The van der Waals surface area contributed by atoms with Crippen LogP contribution in [0.4, 0.5) is 16.0 Å².